The maximum absolute atomic E-state index is 11.9. The first-order chi connectivity index (χ1) is 9.72. The number of aromatic nitrogens is 5. The number of halogens is 1. The first-order valence-corrected chi connectivity index (χ1v) is 6.36. The lowest BCUT2D eigenvalue weighted by atomic mass is 10.3. The van der Waals surface area contributed by atoms with E-state index < -0.39 is 0 Å². The van der Waals surface area contributed by atoms with Crippen LogP contribution in [-0.2, 0) is 11.3 Å². The van der Waals surface area contributed by atoms with Crippen LogP contribution in [0.25, 0.3) is 0 Å². The van der Waals surface area contributed by atoms with Crippen molar-refractivity contribution in [2.75, 3.05) is 13.2 Å². The minimum absolute atomic E-state index is 0.172. The molecule has 1 N–H and O–H groups in total. The fourth-order valence-corrected chi connectivity index (χ4v) is 1.74. The van der Waals surface area contributed by atoms with E-state index in [-0.39, 0.29) is 24.2 Å². The normalized spacial score (nSPS) is 14.8. The molecule has 1 saturated heterocycles. The van der Waals surface area contributed by atoms with Crippen LogP contribution in [0.15, 0.2) is 18.3 Å². The van der Waals surface area contributed by atoms with Crippen LogP contribution in [0.3, 0.4) is 0 Å². The molecule has 1 aliphatic rings. The van der Waals surface area contributed by atoms with Crippen LogP contribution in [0, 0.1) is 0 Å². The largest absolute Gasteiger partial charge is 0.377 e. The number of nitrogens with zero attached hydrogens (tertiary/aromatic N) is 5. The Morgan fingerprint density at radius 1 is 1.40 bits per heavy atom. The fourth-order valence-electron chi connectivity index (χ4n) is 1.63. The van der Waals surface area contributed by atoms with Gasteiger partial charge in [0.15, 0.2) is 10.8 Å². The quantitative estimate of drug-likeness (QED) is 0.867. The zero-order chi connectivity index (χ0) is 13.9. The number of hydrogen-bond acceptors (Lipinski definition) is 6. The molecule has 2 aromatic rings. The summed E-state index contributed by atoms with van der Waals surface area (Å²) in [6.45, 7) is 1.46. The van der Waals surface area contributed by atoms with Crippen molar-refractivity contribution in [3.63, 3.8) is 0 Å². The zero-order valence-corrected chi connectivity index (χ0v) is 11.1. The molecule has 3 heterocycles. The third kappa shape index (κ3) is 2.75. The van der Waals surface area contributed by atoms with E-state index >= 15 is 0 Å². The summed E-state index contributed by atoms with van der Waals surface area (Å²) >= 11 is 5.63. The van der Waals surface area contributed by atoms with Gasteiger partial charge in [0.25, 0.3) is 5.91 Å². The number of amides is 1. The first kappa shape index (κ1) is 12.9. The molecule has 2 aromatic heterocycles. The van der Waals surface area contributed by atoms with Gasteiger partial charge >= 0.3 is 0 Å². The first-order valence-electron chi connectivity index (χ1n) is 5.98. The van der Waals surface area contributed by atoms with Crippen molar-refractivity contribution in [2.45, 2.75) is 12.6 Å². The maximum atomic E-state index is 11.9. The Kier molecular flexibility index (Phi) is 3.57. The highest BCUT2D eigenvalue weighted by Gasteiger charge is 2.23. The molecule has 9 heteroatoms. The van der Waals surface area contributed by atoms with Gasteiger partial charge in [-0.05, 0) is 12.1 Å². The minimum Gasteiger partial charge on any atom is -0.377 e. The smallest absolute Gasteiger partial charge is 0.273 e. The van der Waals surface area contributed by atoms with E-state index in [1.807, 2.05) is 0 Å². The van der Waals surface area contributed by atoms with Gasteiger partial charge in [-0.25, -0.2) is 4.68 Å². The molecule has 0 unspecified atom stereocenters. The number of nitrogens with one attached hydrogen (secondary N) is 1. The number of ether oxygens (including phenoxy) is 1. The summed E-state index contributed by atoms with van der Waals surface area (Å²) in [6.07, 6.45) is 1.61. The van der Waals surface area contributed by atoms with Crippen molar-refractivity contribution in [1.29, 1.82) is 0 Å². The van der Waals surface area contributed by atoms with Crippen molar-refractivity contribution in [1.82, 2.24) is 30.5 Å². The fraction of sp³-hybridized carbons (Fsp3) is 0.364. The summed E-state index contributed by atoms with van der Waals surface area (Å²) in [5, 5.41) is 18.3. The maximum Gasteiger partial charge on any atom is 0.273 e. The lowest BCUT2D eigenvalue weighted by molar-refractivity contribution is -0.0293. The summed E-state index contributed by atoms with van der Waals surface area (Å²) in [6, 6.07) is 3.48. The Labute approximate surface area is 119 Å². The summed E-state index contributed by atoms with van der Waals surface area (Å²) in [5.74, 6) is -0.312. The topological polar surface area (TPSA) is 94.8 Å². The number of carbonyl (C=O) groups excluding carboxylic acids is 1. The average molecular weight is 295 g/mol. The van der Waals surface area contributed by atoms with E-state index in [4.69, 9.17) is 16.3 Å². The Hall–Kier alpha value is -2.06. The highest BCUT2D eigenvalue weighted by atomic mass is 35.5. The zero-order valence-electron chi connectivity index (χ0n) is 10.4. The van der Waals surface area contributed by atoms with E-state index in [0.29, 0.717) is 24.1 Å². The van der Waals surface area contributed by atoms with E-state index in [2.05, 4.69) is 25.8 Å². The van der Waals surface area contributed by atoms with E-state index in [1.165, 1.54) is 0 Å². The molecule has 0 atom stereocenters. The van der Waals surface area contributed by atoms with Gasteiger partial charge in [-0.15, -0.1) is 10.2 Å². The van der Waals surface area contributed by atoms with Crippen LogP contribution in [0.4, 0.5) is 0 Å². The van der Waals surface area contributed by atoms with E-state index in [0.717, 1.165) is 0 Å². The standard InChI is InChI=1S/C11H11ClN6O2/c12-10-2-1-7(14-16-10)3-13-11(19)9-4-18(17-15-9)8-5-20-6-8/h1-2,4,8H,3,5-6H2,(H,13,19). The molecular formula is C11H11ClN6O2. The molecular weight excluding hydrogens is 284 g/mol. The predicted octanol–water partition coefficient (Wildman–Crippen LogP) is 0.223. The SMILES string of the molecule is O=C(NCc1ccc(Cl)nn1)c1cn(C2COC2)nn1. The van der Waals surface area contributed by atoms with Gasteiger partial charge in [-0.2, -0.15) is 5.10 Å². The van der Waals surface area contributed by atoms with Crippen LogP contribution in [0.2, 0.25) is 5.15 Å². The van der Waals surface area contributed by atoms with Gasteiger partial charge in [0.05, 0.1) is 31.6 Å². The molecule has 3 rings (SSSR count). The van der Waals surface area contributed by atoms with E-state index in [9.17, 15) is 4.79 Å². The summed E-state index contributed by atoms with van der Waals surface area (Å²) in [5.41, 5.74) is 0.876. The highest BCUT2D eigenvalue weighted by molar-refractivity contribution is 6.29. The van der Waals surface area contributed by atoms with Gasteiger partial charge in [0.1, 0.15) is 6.04 Å². The van der Waals surface area contributed by atoms with Crippen molar-refractivity contribution < 1.29 is 9.53 Å². The van der Waals surface area contributed by atoms with Gasteiger partial charge in [-0.1, -0.05) is 16.8 Å². The Morgan fingerprint density at radius 3 is 2.90 bits per heavy atom. The number of carbonyl (C=O) groups is 1. The molecule has 0 bridgehead atoms. The van der Waals surface area contributed by atoms with Crippen LogP contribution >= 0.6 is 11.6 Å². The monoisotopic (exact) mass is 294 g/mol. The number of hydrogen-bond donors (Lipinski definition) is 1. The summed E-state index contributed by atoms with van der Waals surface area (Å²) in [4.78, 5) is 11.9. The highest BCUT2D eigenvalue weighted by Crippen LogP contribution is 2.15. The molecule has 1 fully saturated rings. The van der Waals surface area contributed by atoms with Crippen molar-refractivity contribution in [3.8, 4) is 0 Å². The molecule has 104 valence electrons. The third-order valence-corrected chi connectivity index (χ3v) is 3.06. The molecule has 0 saturated carbocycles. The Bertz CT molecular complexity index is 610. The second-order valence-corrected chi connectivity index (χ2v) is 4.69. The Morgan fingerprint density at radius 2 is 2.25 bits per heavy atom. The average Bonchev–Trinajstić information content (AvgIpc) is 2.85. The number of rotatable bonds is 4. The van der Waals surface area contributed by atoms with Gasteiger partial charge in [0, 0.05) is 0 Å². The van der Waals surface area contributed by atoms with Crippen LogP contribution in [-0.4, -0.2) is 44.3 Å². The molecule has 0 radical (unpaired) electrons. The van der Waals surface area contributed by atoms with Crippen molar-refractivity contribution >= 4 is 17.5 Å². The second kappa shape index (κ2) is 5.51. The van der Waals surface area contributed by atoms with Crippen molar-refractivity contribution in [2.24, 2.45) is 0 Å². The second-order valence-electron chi connectivity index (χ2n) is 4.31. The molecule has 20 heavy (non-hydrogen) atoms. The van der Waals surface area contributed by atoms with Crippen LogP contribution in [0.1, 0.15) is 22.2 Å². The third-order valence-electron chi connectivity index (χ3n) is 2.85. The van der Waals surface area contributed by atoms with Gasteiger partial charge in [-0.3, -0.25) is 4.79 Å². The van der Waals surface area contributed by atoms with E-state index in [1.54, 1.807) is 23.0 Å². The van der Waals surface area contributed by atoms with Gasteiger partial charge < -0.3 is 10.1 Å². The lowest BCUT2D eigenvalue weighted by Gasteiger charge is -2.25. The van der Waals surface area contributed by atoms with Crippen LogP contribution in [0.5, 0.6) is 0 Å². The van der Waals surface area contributed by atoms with Gasteiger partial charge in [0.2, 0.25) is 0 Å². The van der Waals surface area contributed by atoms with Crippen molar-refractivity contribution in [3.05, 3.63) is 34.9 Å². The molecule has 0 aromatic carbocycles. The van der Waals surface area contributed by atoms with Crippen LogP contribution < -0.4 is 5.32 Å². The molecule has 1 amide bonds. The molecule has 0 aliphatic carbocycles. The summed E-state index contributed by atoms with van der Waals surface area (Å²) in [7, 11) is 0. The lowest BCUT2D eigenvalue weighted by Crippen LogP contribution is -2.31. The molecule has 8 nitrogen and oxygen atoms in total. The molecule has 0 spiro atoms. The predicted molar refractivity (Wildman–Crippen MR) is 68.1 cm³/mol. The minimum atomic E-state index is -0.312. The molecule has 1 aliphatic heterocycles. The summed E-state index contributed by atoms with van der Waals surface area (Å²) < 4.78 is 6.70. The Balaban J connectivity index is 1.58.